The summed E-state index contributed by atoms with van der Waals surface area (Å²) >= 11 is 0. The van der Waals surface area contributed by atoms with E-state index in [2.05, 4.69) is 0 Å². The standard InChI is InChI=1S/C13H15FO3/c1-17-11-4-3-9(7-10(11)14)8-13(12(15)16)5-2-6-13/h3-4,7H,2,5-6,8H2,1H3,(H,15,16). The van der Waals surface area contributed by atoms with Crippen molar-refractivity contribution in [1.29, 1.82) is 0 Å². The molecule has 1 aliphatic carbocycles. The molecule has 3 nitrogen and oxygen atoms in total. The number of carboxylic acids is 1. The van der Waals surface area contributed by atoms with Crippen LogP contribution in [0, 0.1) is 11.2 Å². The van der Waals surface area contributed by atoms with Gasteiger partial charge in [0.1, 0.15) is 0 Å². The predicted molar refractivity (Wildman–Crippen MR) is 60.6 cm³/mol. The van der Waals surface area contributed by atoms with Gasteiger partial charge < -0.3 is 9.84 Å². The topological polar surface area (TPSA) is 46.5 Å². The first-order valence-corrected chi connectivity index (χ1v) is 5.63. The van der Waals surface area contributed by atoms with E-state index < -0.39 is 17.2 Å². The van der Waals surface area contributed by atoms with Gasteiger partial charge in [-0.25, -0.2) is 4.39 Å². The number of hydrogen-bond donors (Lipinski definition) is 1. The van der Waals surface area contributed by atoms with Gasteiger partial charge in [0, 0.05) is 0 Å². The second-order valence-corrected chi connectivity index (χ2v) is 4.58. The molecule has 0 aromatic heterocycles. The van der Waals surface area contributed by atoms with Gasteiger partial charge in [-0.1, -0.05) is 12.5 Å². The van der Waals surface area contributed by atoms with Gasteiger partial charge in [-0.15, -0.1) is 0 Å². The Morgan fingerprint density at radius 3 is 2.65 bits per heavy atom. The van der Waals surface area contributed by atoms with E-state index in [0.29, 0.717) is 24.8 Å². The molecule has 1 N–H and O–H groups in total. The van der Waals surface area contributed by atoms with E-state index in [4.69, 9.17) is 4.74 Å². The van der Waals surface area contributed by atoms with Crippen molar-refractivity contribution in [2.75, 3.05) is 7.11 Å². The summed E-state index contributed by atoms with van der Waals surface area (Å²) in [5, 5.41) is 9.20. The molecule has 0 radical (unpaired) electrons. The van der Waals surface area contributed by atoms with Gasteiger partial charge in [0.05, 0.1) is 12.5 Å². The number of benzene rings is 1. The van der Waals surface area contributed by atoms with Crippen LogP contribution in [0.5, 0.6) is 5.75 Å². The summed E-state index contributed by atoms with van der Waals surface area (Å²) in [6, 6.07) is 4.63. The molecule has 17 heavy (non-hydrogen) atoms. The van der Waals surface area contributed by atoms with Crippen LogP contribution in [0.1, 0.15) is 24.8 Å². The lowest BCUT2D eigenvalue weighted by atomic mass is 9.65. The summed E-state index contributed by atoms with van der Waals surface area (Å²) in [5.74, 6) is -1.03. The third kappa shape index (κ3) is 2.12. The molecule has 0 unspecified atom stereocenters. The summed E-state index contributed by atoms with van der Waals surface area (Å²) in [6.07, 6.45) is 2.68. The Kier molecular flexibility index (Phi) is 3.05. The Labute approximate surface area is 99.2 Å². The fourth-order valence-corrected chi connectivity index (χ4v) is 2.28. The quantitative estimate of drug-likeness (QED) is 0.877. The second kappa shape index (κ2) is 4.35. The average Bonchev–Trinajstić information content (AvgIpc) is 2.23. The largest absolute Gasteiger partial charge is 0.494 e. The van der Waals surface area contributed by atoms with E-state index in [0.717, 1.165) is 6.42 Å². The Morgan fingerprint density at radius 1 is 1.53 bits per heavy atom. The zero-order valence-electron chi connectivity index (χ0n) is 9.70. The van der Waals surface area contributed by atoms with Crippen LogP contribution in [0.3, 0.4) is 0 Å². The molecule has 0 atom stereocenters. The minimum absolute atomic E-state index is 0.187. The van der Waals surface area contributed by atoms with E-state index in [9.17, 15) is 14.3 Å². The van der Waals surface area contributed by atoms with Crippen LogP contribution >= 0.6 is 0 Å². The lowest BCUT2D eigenvalue weighted by Crippen LogP contribution is -2.39. The molecule has 0 saturated heterocycles. The number of hydrogen-bond acceptors (Lipinski definition) is 2. The Hall–Kier alpha value is -1.58. The number of carboxylic acid groups (broad SMARTS) is 1. The highest BCUT2D eigenvalue weighted by Crippen LogP contribution is 2.44. The van der Waals surface area contributed by atoms with Crippen LogP contribution < -0.4 is 4.74 Å². The van der Waals surface area contributed by atoms with Crippen molar-refractivity contribution in [1.82, 2.24) is 0 Å². The minimum Gasteiger partial charge on any atom is -0.494 e. The fourth-order valence-electron chi connectivity index (χ4n) is 2.28. The molecule has 92 valence electrons. The normalized spacial score (nSPS) is 17.3. The predicted octanol–water partition coefficient (Wildman–Crippen LogP) is 2.63. The molecule has 0 aliphatic heterocycles. The van der Waals surface area contributed by atoms with Crippen LogP contribution in [0.15, 0.2) is 18.2 Å². The van der Waals surface area contributed by atoms with E-state index in [1.54, 1.807) is 12.1 Å². The first-order valence-electron chi connectivity index (χ1n) is 5.63. The fraction of sp³-hybridized carbons (Fsp3) is 0.462. The van der Waals surface area contributed by atoms with E-state index >= 15 is 0 Å². The smallest absolute Gasteiger partial charge is 0.309 e. The molecule has 1 fully saturated rings. The highest BCUT2D eigenvalue weighted by atomic mass is 19.1. The van der Waals surface area contributed by atoms with Crippen LogP contribution in [0.25, 0.3) is 0 Å². The molecule has 0 heterocycles. The molecule has 2 rings (SSSR count). The van der Waals surface area contributed by atoms with Crippen molar-refractivity contribution in [2.45, 2.75) is 25.7 Å². The Bertz CT molecular complexity index is 438. The van der Waals surface area contributed by atoms with Gasteiger partial charge in [-0.3, -0.25) is 4.79 Å². The maximum atomic E-state index is 13.5. The highest BCUT2D eigenvalue weighted by Gasteiger charge is 2.44. The van der Waals surface area contributed by atoms with Crippen molar-refractivity contribution in [3.63, 3.8) is 0 Å². The first kappa shape index (κ1) is 11.9. The van der Waals surface area contributed by atoms with Crippen molar-refractivity contribution >= 4 is 5.97 Å². The maximum absolute atomic E-state index is 13.5. The molecule has 1 saturated carbocycles. The molecule has 1 aliphatic rings. The highest BCUT2D eigenvalue weighted by molar-refractivity contribution is 5.76. The molecule has 4 heteroatoms. The van der Waals surface area contributed by atoms with Gasteiger partial charge in [0.2, 0.25) is 0 Å². The van der Waals surface area contributed by atoms with E-state index in [1.807, 2.05) is 0 Å². The maximum Gasteiger partial charge on any atom is 0.309 e. The zero-order chi connectivity index (χ0) is 12.5. The second-order valence-electron chi connectivity index (χ2n) is 4.58. The summed E-state index contributed by atoms with van der Waals surface area (Å²) in [7, 11) is 1.41. The number of ether oxygens (including phenoxy) is 1. The molecular formula is C13H15FO3. The lowest BCUT2D eigenvalue weighted by molar-refractivity contribution is -0.154. The molecule has 0 amide bonds. The number of methoxy groups -OCH3 is 1. The Morgan fingerprint density at radius 2 is 2.24 bits per heavy atom. The van der Waals surface area contributed by atoms with Crippen molar-refractivity contribution in [2.24, 2.45) is 5.41 Å². The van der Waals surface area contributed by atoms with Gasteiger partial charge in [-0.05, 0) is 37.0 Å². The van der Waals surface area contributed by atoms with E-state index in [1.165, 1.54) is 13.2 Å². The van der Waals surface area contributed by atoms with Gasteiger partial charge in [-0.2, -0.15) is 0 Å². The molecule has 1 aromatic carbocycles. The minimum atomic E-state index is -0.778. The van der Waals surface area contributed by atoms with Gasteiger partial charge in [0.25, 0.3) is 0 Å². The van der Waals surface area contributed by atoms with Crippen LogP contribution in [-0.2, 0) is 11.2 Å². The van der Waals surface area contributed by atoms with Crippen LogP contribution in [0.4, 0.5) is 4.39 Å². The molecule has 1 aromatic rings. The van der Waals surface area contributed by atoms with E-state index in [-0.39, 0.29) is 5.75 Å². The van der Waals surface area contributed by atoms with Crippen LogP contribution in [0.2, 0.25) is 0 Å². The molecular weight excluding hydrogens is 223 g/mol. The van der Waals surface area contributed by atoms with Crippen molar-refractivity contribution in [3.05, 3.63) is 29.6 Å². The summed E-state index contributed by atoms with van der Waals surface area (Å²) in [5.41, 5.74) is 0.0338. The average molecular weight is 238 g/mol. The Balaban J connectivity index is 2.18. The summed E-state index contributed by atoms with van der Waals surface area (Å²) in [4.78, 5) is 11.2. The number of halogens is 1. The summed E-state index contributed by atoms with van der Waals surface area (Å²) in [6.45, 7) is 0. The van der Waals surface area contributed by atoms with Gasteiger partial charge in [0.15, 0.2) is 11.6 Å². The SMILES string of the molecule is COc1ccc(CC2(C(=O)O)CCC2)cc1F. The van der Waals surface area contributed by atoms with Crippen molar-refractivity contribution in [3.8, 4) is 5.75 Å². The third-order valence-corrected chi connectivity index (χ3v) is 3.52. The van der Waals surface area contributed by atoms with Gasteiger partial charge >= 0.3 is 5.97 Å². The summed E-state index contributed by atoms with van der Waals surface area (Å²) < 4.78 is 18.3. The number of carbonyl (C=O) groups is 1. The first-order chi connectivity index (χ1) is 8.07. The number of aliphatic carboxylic acids is 1. The molecule has 0 bridgehead atoms. The third-order valence-electron chi connectivity index (χ3n) is 3.52. The monoisotopic (exact) mass is 238 g/mol. The van der Waals surface area contributed by atoms with Crippen LogP contribution in [-0.4, -0.2) is 18.2 Å². The lowest BCUT2D eigenvalue weighted by Gasteiger charge is -2.37. The molecule has 0 spiro atoms. The van der Waals surface area contributed by atoms with Crippen molar-refractivity contribution < 1.29 is 19.0 Å². The number of rotatable bonds is 4. The zero-order valence-corrected chi connectivity index (χ0v) is 9.70.